The molecule has 4 heteroatoms. The summed E-state index contributed by atoms with van der Waals surface area (Å²) in [6.45, 7) is 6.75. The van der Waals surface area contributed by atoms with Gasteiger partial charge in [-0.2, -0.15) is 12.1 Å². The van der Waals surface area contributed by atoms with E-state index in [9.17, 15) is 0 Å². The minimum atomic E-state index is -0.556. The van der Waals surface area contributed by atoms with Crippen LogP contribution in [0, 0.1) is 6.92 Å². The van der Waals surface area contributed by atoms with Crippen molar-refractivity contribution in [1.29, 1.82) is 0 Å². The van der Waals surface area contributed by atoms with Gasteiger partial charge in [0.2, 0.25) is 0 Å². The molecule has 0 aliphatic heterocycles. The van der Waals surface area contributed by atoms with Crippen molar-refractivity contribution in [3.05, 3.63) is 103 Å². The molecule has 0 spiro atoms. The van der Waals surface area contributed by atoms with Gasteiger partial charge in [0.1, 0.15) is 0 Å². The molecule has 0 aliphatic carbocycles. The predicted molar refractivity (Wildman–Crippen MR) is 158 cm³/mol. The van der Waals surface area contributed by atoms with E-state index in [0.29, 0.717) is 0 Å². The molecule has 0 fully saturated rings. The van der Waals surface area contributed by atoms with Gasteiger partial charge in [-0.05, 0) is 17.9 Å². The van der Waals surface area contributed by atoms with Crippen molar-refractivity contribution < 1.29 is 17.0 Å². The molecule has 5 aromatic carbocycles. The third kappa shape index (κ3) is 8.05. The van der Waals surface area contributed by atoms with E-state index in [0.717, 1.165) is 0 Å². The fourth-order valence-corrected chi connectivity index (χ4v) is 6.94. The molecule has 0 nitrogen and oxygen atoms in total. The fraction of sp³-hybridized carbons (Fsp3) is 0.226. The van der Waals surface area contributed by atoms with E-state index in [1.54, 1.807) is 5.30 Å². The average molecular weight is 555 g/mol. The van der Waals surface area contributed by atoms with E-state index in [2.05, 4.69) is 118 Å². The van der Waals surface area contributed by atoms with Crippen LogP contribution in [0.15, 0.2) is 97.1 Å². The van der Waals surface area contributed by atoms with Crippen LogP contribution >= 0.6 is 26.5 Å². The Kier molecular flexibility index (Phi) is 12.1. The number of hydrogen-bond acceptors (Lipinski definition) is 0. The molecular weight excluding hydrogens is 522 g/mol. The van der Waals surface area contributed by atoms with Crippen molar-refractivity contribution in [2.75, 3.05) is 12.3 Å². The average Bonchev–Trinajstić information content (AvgIpc) is 3.48. The molecule has 5 rings (SSSR count). The monoisotopic (exact) mass is 554 g/mol. The minimum absolute atomic E-state index is 0.0972. The van der Waals surface area contributed by atoms with Gasteiger partial charge in [0.25, 0.3) is 0 Å². The maximum atomic E-state index is 4.89. The van der Waals surface area contributed by atoms with Crippen molar-refractivity contribution in [3.63, 3.8) is 0 Å². The van der Waals surface area contributed by atoms with Crippen molar-refractivity contribution in [1.82, 2.24) is 0 Å². The quantitative estimate of drug-likeness (QED) is 0.111. The van der Waals surface area contributed by atoms with Crippen LogP contribution in [0.3, 0.4) is 0 Å². The Hall–Kier alpha value is -1.40. The van der Waals surface area contributed by atoms with E-state index in [1.165, 1.54) is 63.4 Å². The fourth-order valence-electron chi connectivity index (χ4n) is 4.48. The normalized spacial score (nSPS) is 10.6. The summed E-state index contributed by atoms with van der Waals surface area (Å²) in [7, 11) is 9.88. The standard InChI is InChI=1S/C16H13.C15H20P.2ClH.Ti/c1-12-10-14-8-5-9-15(16(14)11-12)13-6-3-2-4-7-13;1-3-9-16(10-4-2)15-11-13-7-5-6-8-14(13)12-15;;;/h2-11H,1H3;5-8,11-12H,3-4,9-10H2,1-2H3;2*1H;/q2*-1;;;+2/p-2. The van der Waals surface area contributed by atoms with E-state index in [1.807, 2.05) is 0 Å². The molecule has 35 heavy (non-hydrogen) atoms. The second kappa shape index (κ2) is 15.0. The number of rotatable bonds is 6. The third-order valence-electron chi connectivity index (χ3n) is 5.93. The number of aryl methyl sites for hydroxylation is 1. The summed E-state index contributed by atoms with van der Waals surface area (Å²) >= 11 is -0.556. The molecule has 0 aromatic heterocycles. The van der Waals surface area contributed by atoms with E-state index in [-0.39, 0.29) is 7.92 Å². The van der Waals surface area contributed by atoms with Crippen LogP contribution in [-0.2, 0) is 17.0 Å². The molecule has 0 aliphatic rings. The van der Waals surface area contributed by atoms with Crippen molar-refractivity contribution in [3.8, 4) is 11.1 Å². The number of halogens is 2. The third-order valence-corrected chi connectivity index (χ3v) is 8.90. The Morgan fingerprint density at radius 2 is 1.37 bits per heavy atom. The van der Waals surface area contributed by atoms with Crippen LogP contribution in [0.2, 0.25) is 0 Å². The van der Waals surface area contributed by atoms with Gasteiger partial charge in [0.05, 0.1) is 0 Å². The summed E-state index contributed by atoms with van der Waals surface area (Å²) in [6.07, 6.45) is 5.40. The summed E-state index contributed by atoms with van der Waals surface area (Å²) in [6, 6.07) is 35.1. The molecule has 0 unspecified atom stereocenters. The first-order chi connectivity index (χ1) is 17.1. The summed E-state index contributed by atoms with van der Waals surface area (Å²) in [5.74, 6) is 0. The molecule has 0 heterocycles. The Morgan fingerprint density at radius 1 is 0.743 bits per heavy atom. The zero-order valence-corrected chi connectivity index (χ0v) is 24.7. The van der Waals surface area contributed by atoms with Crippen LogP contribution in [0.4, 0.5) is 0 Å². The molecule has 0 bridgehead atoms. The first-order valence-corrected chi connectivity index (χ1v) is 18.2. The van der Waals surface area contributed by atoms with Crippen LogP contribution < -0.4 is 5.30 Å². The van der Waals surface area contributed by atoms with Gasteiger partial charge in [-0.3, -0.25) is 0 Å². The second-order valence-electron chi connectivity index (χ2n) is 8.61. The molecule has 5 aromatic rings. The Labute approximate surface area is 228 Å². The molecule has 0 saturated carbocycles. The van der Waals surface area contributed by atoms with Crippen LogP contribution in [-0.4, -0.2) is 12.3 Å². The molecule has 0 N–H and O–H groups in total. The number of benzene rings is 3. The van der Waals surface area contributed by atoms with Crippen LogP contribution in [0.25, 0.3) is 32.7 Å². The summed E-state index contributed by atoms with van der Waals surface area (Å²) < 4.78 is 0. The number of hydrogen-bond donors (Lipinski definition) is 0. The van der Waals surface area contributed by atoms with Gasteiger partial charge in [0.15, 0.2) is 0 Å². The maximum absolute atomic E-state index is 4.89. The molecule has 0 amide bonds. The predicted octanol–water partition coefficient (Wildman–Crippen LogP) is 10.4. The second-order valence-corrected chi connectivity index (χ2v) is 13.7. The molecule has 0 saturated heterocycles. The zero-order valence-electron chi connectivity index (χ0n) is 20.8. The summed E-state index contributed by atoms with van der Waals surface area (Å²) in [5.41, 5.74) is 3.95. The van der Waals surface area contributed by atoms with Crippen molar-refractivity contribution in [2.24, 2.45) is 0 Å². The molecular formula is C31H33Cl2PTi-2. The van der Waals surface area contributed by atoms with Crippen LogP contribution in [0.5, 0.6) is 0 Å². The Morgan fingerprint density at radius 3 is 2.03 bits per heavy atom. The van der Waals surface area contributed by atoms with Gasteiger partial charge in [-0.1, -0.05) is 89.6 Å². The SMILES string of the molecule is CCCP(CCC)c1cc2ccccc2[cH-]1.Cc1cc2c(-c3ccccc3)cccc2[cH-]1.[Cl][Ti][Cl]. The van der Waals surface area contributed by atoms with Gasteiger partial charge >= 0.3 is 35.6 Å². The molecule has 0 radical (unpaired) electrons. The first kappa shape index (κ1) is 28.2. The summed E-state index contributed by atoms with van der Waals surface area (Å²) in [4.78, 5) is 0. The zero-order chi connectivity index (χ0) is 25.0. The van der Waals surface area contributed by atoms with E-state index < -0.39 is 17.0 Å². The van der Waals surface area contributed by atoms with E-state index >= 15 is 0 Å². The topological polar surface area (TPSA) is 0 Å². The number of fused-ring (bicyclic) bond motifs is 2. The van der Waals surface area contributed by atoms with Crippen molar-refractivity contribution >= 4 is 53.4 Å². The van der Waals surface area contributed by atoms with E-state index in [4.69, 9.17) is 18.6 Å². The van der Waals surface area contributed by atoms with Crippen LogP contribution in [0.1, 0.15) is 32.3 Å². The summed E-state index contributed by atoms with van der Waals surface area (Å²) in [5, 5.41) is 7.12. The van der Waals surface area contributed by atoms with Gasteiger partial charge in [0, 0.05) is 0 Å². The van der Waals surface area contributed by atoms with Gasteiger partial charge in [-0.15, -0.1) is 74.9 Å². The Balaban J connectivity index is 0.000000176. The molecule has 182 valence electrons. The Bertz CT molecular complexity index is 1250. The molecule has 0 atom stereocenters. The van der Waals surface area contributed by atoms with Gasteiger partial charge in [-0.25, -0.2) is 0 Å². The van der Waals surface area contributed by atoms with Gasteiger partial charge < -0.3 is 0 Å². The first-order valence-electron chi connectivity index (χ1n) is 12.2. The van der Waals surface area contributed by atoms with Crippen molar-refractivity contribution in [2.45, 2.75) is 33.6 Å².